The molecular formula is C16H26F2N4O4S. The number of aliphatic imine (C=N–C) groups is 1. The molecule has 0 aromatic heterocycles. The van der Waals surface area contributed by atoms with Gasteiger partial charge in [0.1, 0.15) is 11.5 Å². The monoisotopic (exact) mass is 408 g/mol. The van der Waals surface area contributed by atoms with Gasteiger partial charge in [0.05, 0.1) is 13.4 Å². The number of rotatable bonds is 9. The summed E-state index contributed by atoms with van der Waals surface area (Å²) >= 11 is 0. The highest BCUT2D eigenvalue weighted by atomic mass is 32.2. The average Bonchev–Trinajstić information content (AvgIpc) is 2.53. The normalized spacial score (nSPS) is 12.8. The Bertz CT molecular complexity index is 755. The van der Waals surface area contributed by atoms with E-state index >= 15 is 0 Å². The Morgan fingerprint density at radius 3 is 2.48 bits per heavy atom. The first kappa shape index (κ1) is 22.9. The zero-order valence-electron chi connectivity index (χ0n) is 16.0. The Morgan fingerprint density at radius 2 is 1.96 bits per heavy atom. The van der Waals surface area contributed by atoms with Gasteiger partial charge in [0.15, 0.2) is 5.96 Å². The minimum absolute atomic E-state index is 0.0211. The van der Waals surface area contributed by atoms with E-state index in [-0.39, 0.29) is 18.8 Å². The van der Waals surface area contributed by atoms with Crippen LogP contribution in [0.5, 0.6) is 11.5 Å². The molecule has 0 aliphatic rings. The van der Waals surface area contributed by atoms with Crippen molar-refractivity contribution in [1.82, 2.24) is 15.4 Å². The quantitative estimate of drug-likeness (QED) is 0.421. The van der Waals surface area contributed by atoms with E-state index in [2.05, 4.69) is 25.1 Å². The van der Waals surface area contributed by atoms with Gasteiger partial charge in [-0.05, 0) is 32.0 Å². The molecule has 0 saturated heterocycles. The van der Waals surface area contributed by atoms with Crippen molar-refractivity contribution in [3.05, 3.63) is 23.8 Å². The molecule has 0 fully saturated rings. The molecule has 1 aromatic rings. The molecule has 0 aliphatic heterocycles. The van der Waals surface area contributed by atoms with Crippen molar-refractivity contribution in [3.63, 3.8) is 0 Å². The zero-order valence-corrected chi connectivity index (χ0v) is 16.8. The fraction of sp³-hybridized carbons (Fsp3) is 0.562. The number of hydrogen-bond donors (Lipinski definition) is 3. The number of guanidine groups is 1. The molecule has 27 heavy (non-hydrogen) atoms. The van der Waals surface area contributed by atoms with Crippen LogP contribution in [0.25, 0.3) is 0 Å². The van der Waals surface area contributed by atoms with Crippen LogP contribution in [-0.2, 0) is 16.6 Å². The van der Waals surface area contributed by atoms with Crippen LogP contribution >= 0.6 is 0 Å². The largest absolute Gasteiger partial charge is 0.497 e. The summed E-state index contributed by atoms with van der Waals surface area (Å²) in [6.45, 7) is 0.866. The predicted molar refractivity (Wildman–Crippen MR) is 99.9 cm³/mol. The number of alkyl halides is 2. The molecule has 0 unspecified atom stereocenters. The Balaban J connectivity index is 2.77. The number of methoxy groups -OCH3 is 1. The van der Waals surface area contributed by atoms with Gasteiger partial charge in [-0.15, -0.1) is 0 Å². The van der Waals surface area contributed by atoms with E-state index in [1.54, 1.807) is 19.9 Å². The Labute approximate surface area is 158 Å². The molecule has 0 aliphatic carbocycles. The van der Waals surface area contributed by atoms with Gasteiger partial charge < -0.3 is 20.1 Å². The highest BCUT2D eigenvalue weighted by Crippen LogP contribution is 2.25. The van der Waals surface area contributed by atoms with Crippen molar-refractivity contribution >= 4 is 16.0 Å². The molecule has 0 spiro atoms. The van der Waals surface area contributed by atoms with Crippen LogP contribution in [0.2, 0.25) is 0 Å². The molecule has 0 heterocycles. The second-order valence-corrected chi connectivity index (χ2v) is 8.14. The fourth-order valence-corrected chi connectivity index (χ4v) is 3.35. The summed E-state index contributed by atoms with van der Waals surface area (Å²) in [7, 11) is -0.362. The number of ether oxygens (including phenoxy) is 2. The van der Waals surface area contributed by atoms with E-state index in [1.807, 2.05) is 0 Å². The summed E-state index contributed by atoms with van der Waals surface area (Å²) in [4.78, 5) is 4.03. The zero-order chi connectivity index (χ0) is 20.7. The van der Waals surface area contributed by atoms with E-state index < -0.39 is 22.2 Å². The van der Waals surface area contributed by atoms with Crippen LogP contribution in [0.1, 0.15) is 19.4 Å². The lowest BCUT2D eigenvalue weighted by molar-refractivity contribution is -0.0505. The van der Waals surface area contributed by atoms with Crippen molar-refractivity contribution in [1.29, 1.82) is 0 Å². The fourth-order valence-electron chi connectivity index (χ4n) is 2.27. The summed E-state index contributed by atoms with van der Waals surface area (Å²) in [6.07, 6.45) is 1.08. The van der Waals surface area contributed by atoms with Gasteiger partial charge in [-0.2, -0.15) is 8.78 Å². The van der Waals surface area contributed by atoms with E-state index in [0.29, 0.717) is 17.3 Å². The summed E-state index contributed by atoms with van der Waals surface area (Å²) in [6, 6.07) is 4.50. The minimum atomic E-state index is -3.37. The second kappa shape index (κ2) is 9.70. The standard InChI is InChI=1S/C16H26F2N4O4S/c1-16(2,22-27(5,23)24)10-21-15(19-3)20-9-11-8-12(25-4)6-7-13(11)26-14(17)18/h6-8,14,22H,9-10H2,1-5H3,(H2,19,20,21). The van der Waals surface area contributed by atoms with Gasteiger partial charge >= 0.3 is 6.61 Å². The molecule has 0 amide bonds. The number of nitrogens with one attached hydrogen (secondary N) is 3. The van der Waals surface area contributed by atoms with Gasteiger partial charge in [-0.3, -0.25) is 4.99 Å². The van der Waals surface area contributed by atoms with E-state index in [0.717, 1.165) is 6.26 Å². The molecule has 0 radical (unpaired) electrons. The Hall–Kier alpha value is -2.14. The van der Waals surface area contributed by atoms with Crippen molar-refractivity contribution in [2.75, 3.05) is 27.0 Å². The lowest BCUT2D eigenvalue weighted by Gasteiger charge is -2.26. The molecule has 1 aromatic carbocycles. The van der Waals surface area contributed by atoms with Crippen molar-refractivity contribution in [3.8, 4) is 11.5 Å². The number of benzene rings is 1. The number of halogens is 2. The molecule has 11 heteroatoms. The average molecular weight is 408 g/mol. The lowest BCUT2D eigenvalue weighted by Crippen LogP contribution is -2.52. The predicted octanol–water partition coefficient (Wildman–Crippen LogP) is 1.29. The van der Waals surface area contributed by atoms with Gasteiger partial charge in [0, 0.05) is 31.2 Å². The first-order valence-electron chi connectivity index (χ1n) is 8.01. The third kappa shape index (κ3) is 8.87. The first-order chi connectivity index (χ1) is 12.5. The van der Waals surface area contributed by atoms with Crippen LogP contribution in [0.15, 0.2) is 23.2 Å². The smallest absolute Gasteiger partial charge is 0.387 e. The number of sulfonamides is 1. The molecule has 0 saturated carbocycles. The molecule has 0 bridgehead atoms. The SMILES string of the molecule is CN=C(NCc1cc(OC)ccc1OC(F)F)NCC(C)(C)NS(C)(=O)=O. The molecular weight excluding hydrogens is 382 g/mol. The number of hydrogen-bond acceptors (Lipinski definition) is 5. The summed E-state index contributed by atoms with van der Waals surface area (Å²) < 4.78 is 60.0. The molecule has 1 rings (SSSR count). The first-order valence-corrected chi connectivity index (χ1v) is 9.90. The molecule has 3 N–H and O–H groups in total. The van der Waals surface area contributed by atoms with Crippen molar-refractivity contribution in [2.45, 2.75) is 32.5 Å². The van der Waals surface area contributed by atoms with Gasteiger partial charge in [-0.25, -0.2) is 13.1 Å². The number of nitrogens with zero attached hydrogens (tertiary/aromatic N) is 1. The Morgan fingerprint density at radius 1 is 1.30 bits per heavy atom. The van der Waals surface area contributed by atoms with Gasteiger partial charge in [0.2, 0.25) is 10.0 Å². The topological polar surface area (TPSA) is 101 Å². The molecule has 0 atom stereocenters. The minimum Gasteiger partial charge on any atom is -0.497 e. The second-order valence-electron chi connectivity index (χ2n) is 6.39. The van der Waals surface area contributed by atoms with Crippen LogP contribution in [0, 0.1) is 0 Å². The Kier molecular flexibility index (Phi) is 8.22. The van der Waals surface area contributed by atoms with Gasteiger partial charge in [-0.1, -0.05) is 0 Å². The van der Waals surface area contributed by atoms with Crippen LogP contribution in [-0.4, -0.2) is 53.5 Å². The van der Waals surface area contributed by atoms with E-state index in [4.69, 9.17) is 4.74 Å². The third-order valence-corrected chi connectivity index (χ3v) is 4.24. The highest BCUT2D eigenvalue weighted by molar-refractivity contribution is 7.88. The maximum Gasteiger partial charge on any atom is 0.387 e. The van der Waals surface area contributed by atoms with E-state index in [9.17, 15) is 17.2 Å². The van der Waals surface area contributed by atoms with E-state index in [1.165, 1.54) is 26.3 Å². The maximum atomic E-state index is 12.6. The third-order valence-electron chi connectivity index (χ3n) is 3.31. The molecule has 8 nitrogen and oxygen atoms in total. The van der Waals surface area contributed by atoms with Gasteiger partial charge in [0.25, 0.3) is 0 Å². The van der Waals surface area contributed by atoms with Crippen LogP contribution < -0.4 is 24.8 Å². The van der Waals surface area contributed by atoms with Crippen molar-refractivity contribution in [2.24, 2.45) is 4.99 Å². The molecule has 154 valence electrons. The lowest BCUT2D eigenvalue weighted by atomic mass is 10.1. The van der Waals surface area contributed by atoms with Crippen LogP contribution in [0.4, 0.5) is 8.78 Å². The van der Waals surface area contributed by atoms with Crippen molar-refractivity contribution < 1.29 is 26.7 Å². The highest BCUT2D eigenvalue weighted by Gasteiger charge is 2.22. The summed E-state index contributed by atoms with van der Waals surface area (Å²) in [5.41, 5.74) is -0.309. The maximum absolute atomic E-state index is 12.6. The summed E-state index contributed by atoms with van der Waals surface area (Å²) in [5, 5.41) is 5.95. The summed E-state index contributed by atoms with van der Waals surface area (Å²) in [5.74, 6) is 0.881. The van der Waals surface area contributed by atoms with Crippen LogP contribution in [0.3, 0.4) is 0 Å².